The third-order valence-corrected chi connectivity index (χ3v) is 5.84. The van der Waals surface area contributed by atoms with E-state index in [4.69, 9.17) is 20.8 Å². The molecule has 5 heteroatoms. The molecule has 1 heterocycles. The molecule has 0 aliphatic carbocycles. The SMILES string of the molecule is Cc1ccc2oc(-c3ccccc3Cl)c(OC(=O)/C=C/c3ccc(C(C)(C)C)cc3)c(=O)c2c1. The van der Waals surface area contributed by atoms with Crippen molar-refractivity contribution in [3.8, 4) is 17.1 Å². The Bertz CT molecular complexity index is 1450. The molecule has 1 aromatic heterocycles. The van der Waals surface area contributed by atoms with E-state index < -0.39 is 11.4 Å². The molecule has 0 fully saturated rings. The summed E-state index contributed by atoms with van der Waals surface area (Å²) in [6, 6.07) is 20.2. The molecule has 3 aromatic carbocycles. The zero-order valence-corrected chi connectivity index (χ0v) is 20.3. The number of carbonyl (C=O) groups is 1. The van der Waals surface area contributed by atoms with Crippen LogP contribution in [0.1, 0.15) is 37.5 Å². The first-order chi connectivity index (χ1) is 16.1. The van der Waals surface area contributed by atoms with Crippen molar-refractivity contribution in [3.05, 3.63) is 105 Å². The van der Waals surface area contributed by atoms with Crippen molar-refractivity contribution in [1.82, 2.24) is 0 Å². The van der Waals surface area contributed by atoms with Crippen LogP contribution in [0.4, 0.5) is 0 Å². The molecule has 34 heavy (non-hydrogen) atoms. The Labute approximate surface area is 203 Å². The molecule has 0 N–H and O–H groups in total. The molecule has 0 spiro atoms. The Balaban J connectivity index is 1.71. The number of fused-ring (bicyclic) bond motifs is 1. The van der Waals surface area contributed by atoms with E-state index in [0.717, 1.165) is 11.1 Å². The number of hydrogen-bond acceptors (Lipinski definition) is 4. The summed E-state index contributed by atoms with van der Waals surface area (Å²) in [6.07, 6.45) is 2.94. The molecule has 0 saturated carbocycles. The highest BCUT2D eigenvalue weighted by atomic mass is 35.5. The van der Waals surface area contributed by atoms with E-state index in [-0.39, 0.29) is 16.9 Å². The number of esters is 1. The van der Waals surface area contributed by atoms with Crippen molar-refractivity contribution in [1.29, 1.82) is 0 Å². The number of hydrogen-bond donors (Lipinski definition) is 0. The van der Waals surface area contributed by atoms with Crippen LogP contribution >= 0.6 is 11.6 Å². The summed E-state index contributed by atoms with van der Waals surface area (Å²) >= 11 is 6.37. The first-order valence-corrected chi connectivity index (χ1v) is 11.3. The van der Waals surface area contributed by atoms with Gasteiger partial charge in [0.1, 0.15) is 5.58 Å². The van der Waals surface area contributed by atoms with Gasteiger partial charge in [-0.3, -0.25) is 4.79 Å². The average molecular weight is 473 g/mol. The third-order valence-electron chi connectivity index (χ3n) is 5.51. The van der Waals surface area contributed by atoms with Gasteiger partial charge in [0.15, 0.2) is 5.76 Å². The lowest BCUT2D eigenvalue weighted by Gasteiger charge is -2.18. The highest BCUT2D eigenvalue weighted by Crippen LogP contribution is 2.35. The normalized spacial score (nSPS) is 11.8. The average Bonchev–Trinajstić information content (AvgIpc) is 2.80. The number of benzene rings is 3. The Morgan fingerprint density at radius 1 is 1.00 bits per heavy atom. The van der Waals surface area contributed by atoms with Gasteiger partial charge in [0, 0.05) is 11.6 Å². The lowest BCUT2D eigenvalue weighted by atomic mass is 9.87. The first kappa shape index (κ1) is 23.5. The van der Waals surface area contributed by atoms with Crippen molar-refractivity contribution in [2.45, 2.75) is 33.1 Å². The lowest BCUT2D eigenvalue weighted by Crippen LogP contribution is -2.14. The van der Waals surface area contributed by atoms with Gasteiger partial charge >= 0.3 is 5.97 Å². The van der Waals surface area contributed by atoms with Gasteiger partial charge in [0.2, 0.25) is 11.2 Å². The topological polar surface area (TPSA) is 56.5 Å². The van der Waals surface area contributed by atoms with Crippen LogP contribution in [0.3, 0.4) is 0 Å². The molecule has 0 radical (unpaired) electrons. The molecule has 0 aliphatic heterocycles. The van der Waals surface area contributed by atoms with Crippen LogP contribution in [-0.4, -0.2) is 5.97 Å². The van der Waals surface area contributed by atoms with Crippen LogP contribution in [0.2, 0.25) is 5.02 Å². The molecule has 0 bridgehead atoms. The maximum Gasteiger partial charge on any atom is 0.336 e. The van der Waals surface area contributed by atoms with Crippen molar-refractivity contribution in [2.75, 3.05) is 0 Å². The molecule has 4 aromatic rings. The largest absolute Gasteiger partial charge is 0.452 e. The Kier molecular flexibility index (Phi) is 6.45. The van der Waals surface area contributed by atoms with Crippen LogP contribution in [0, 0.1) is 6.92 Å². The number of halogens is 1. The summed E-state index contributed by atoms with van der Waals surface area (Å²) in [4.78, 5) is 26.0. The second-order valence-electron chi connectivity index (χ2n) is 9.20. The van der Waals surface area contributed by atoms with Crippen LogP contribution < -0.4 is 10.2 Å². The summed E-state index contributed by atoms with van der Waals surface area (Å²) < 4.78 is 11.6. The summed E-state index contributed by atoms with van der Waals surface area (Å²) in [5.41, 5.74) is 3.39. The fourth-order valence-electron chi connectivity index (χ4n) is 3.60. The van der Waals surface area contributed by atoms with Gasteiger partial charge in [-0.25, -0.2) is 4.79 Å². The van der Waals surface area contributed by atoms with Crippen LogP contribution in [0.25, 0.3) is 28.4 Å². The zero-order chi connectivity index (χ0) is 24.5. The van der Waals surface area contributed by atoms with Crippen LogP contribution in [0.5, 0.6) is 5.75 Å². The highest BCUT2D eigenvalue weighted by Gasteiger charge is 2.21. The molecule has 0 aliphatic rings. The molecule has 172 valence electrons. The summed E-state index contributed by atoms with van der Waals surface area (Å²) in [6.45, 7) is 8.30. The lowest BCUT2D eigenvalue weighted by molar-refractivity contribution is -0.129. The number of aryl methyl sites for hydroxylation is 1. The number of ether oxygens (including phenoxy) is 1. The number of rotatable bonds is 4. The standard InChI is InChI=1S/C29H25ClO4/c1-18-9-15-24-22(17-18)26(32)28(27(33-24)21-7-5-6-8-23(21)30)34-25(31)16-12-19-10-13-20(14-11-19)29(2,3)4/h5-17H,1-4H3/b16-12+. The Hall–Kier alpha value is -3.63. The smallest absolute Gasteiger partial charge is 0.336 e. The summed E-state index contributed by atoms with van der Waals surface area (Å²) in [5.74, 6) is -0.764. The first-order valence-electron chi connectivity index (χ1n) is 11.0. The number of carbonyl (C=O) groups excluding carboxylic acids is 1. The van der Waals surface area contributed by atoms with E-state index in [1.165, 1.54) is 11.6 Å². The van der Waals surface area contributed by atoms with E-state index in [0.29, 0.717) is 21.6 Å². The van der Waals surface area contributed by atoms with Crippen LogP contribution in [0.15, 0.2) is 82.0 Å². The van der Waals surface area contributed by atoms with E-state index >= 15 is 0 Å². The summed E-state index contributed by atoms with van der Waals surface area (Å²) in [7, 11) is 0. The second kappa shape index (κ2) is 9.32. The van der Waals surface area contributed by atoms with Crippen molar-refractivity contribution in [2.24, 2.45) is 0 Å². The third kappa shape index (κ3) is 4.97. The van der Waals surface area contributed by atoms with E-state index in [9.17, 15) is 9.59 Å². The van der Waals surface area contributed by atoms with Crippen LogP contribution in [-0.2, 0) is 10.2 Å². The second-order valence-corrected chi connectivity index (χ2v) is 9.60. The van der Waals surface area contributed by atoms with Crippen molar-refractivity contribution < 1.29 is 13.9 Å². The molecule has 0 saturated heterocycles. The van der Waals surface area contributed by atoms with E-state index in [1.807, 2.05) is 37.3 Å². The van der Waals surface area contributed by atoms with Gasteiger partial charge in [-0.1, -0.05) is 80.4 Å². The quantitative estimate of drug-likeness (QED) is 0.230. The van der Waals surface area contributed by atoms with Gasteiger partial charge in [0.05, 0.1) is 10.4 Å². The maximum atomic E-state index is 13.3. The minimum Gasteiger partial charge on any atom is -0.452 e. The highest BCUT2D eigenvalue weighted by molar-refractivity contribution is 6.33. The Morgan fingerprint density at radius 3 is 2.38 bits per heavy atom. The molecule has 4 rings (SSSR count). The van der Waals surface area contributed by atoms with Gasteiger partial charge in [-0.15, -0.1) is 0 Å². The monoisotopic (exact) mass is 472 g/mol. The molecular weight excluding hydrogens is 448 g/mol. The van der Waals surface area contributed by atoms with Crippen molar-refractivity contribution >= 4 is 34.6 Å². The van der Waals surface area contributed by atoms with E-state index in [1.54, 1.807) is 42.5 Å². The zero-order valence-electron chi connectivity index (χ0n) is 19.5. The van der Waals surface area contributed by atoms with Crippen molar-refractivity contribution in [3.63, 3.8) is 0 Å². The minimum absolute atomic E-state index is 0.0404. The van der Waals surface area contributed by atoms with E-state index in [2.05, 4.69) is 20.8 Å². The predicted molar refractivity (Wildman–Crippen MR) is 137 cm³/mol. The molecular formula is C29H25ClO4. The molecule has 0 amide bonds. The van der Waals surface area contributed by atoms with Gasteiger partial charge in [-0.05, 0) is 53.8 Å². The van der Waals surface area contributed by atoms with Gasteiger partial charge < -0.3 is 9.15 Å². The fraction of sp³-hybridized carbons (Fsp3) is 0.172. The molecule has 0 unspecified atom stereocenters. The molecule has 0 atom stereocenters. The summed E-state index contributed by atoms with van der Waals surface area (Å²) in [5, 5.41) is 0.712. The minimum atomic E-state index is -0.687. The maximum absolute atomic E-state index is 13.3. The Morgan fingerprint density at radius 2 is 1.71 bits per heavy atom. The fourth-order valence-corrected chi connectivity index (χ4v) is 3.82. The predicted octanol–water partition coefficient (Wildman–Crippen LogP) is 7.34. The molecule has 4 nitrogen and oxygen atoms in total. The van der Waals surface area contributed by atoms with Gasteiger partial charge in [-0.2, -0.15) is 0 Å². The van der Waals surface area contributed by atoms with Gasteiger partial charge in [0.25, 0.3) is 0 Å².